The molecule has 0 bridgehead atoms. The summed E-state index contributed by atoms with van der Waals surface area (Å²) < 4.78 is 14.9. The highest BCUT2D eigenvalue weighted by Crippen LogP contribution is 2.48. The van der Waals surface area contributed by atoms with Gasteiger partial charge in [0, 0.05) is 17.4 Å². The van der Waals surface area contributed by atoms with Crippen molar-refractivity contribution in [3.05, 3.63) is 0 Å². The quantitative estimate of drug-likeness (QED) is 0.692. The fourth-order valence-corrected chi connectivity index (χ4v) is 3.49. The number of carboxylic acid groups (broad SMARTS) is 1. The Morgan fingerprint density at radius 1 is 1.47 bits per heavy atom. The van der Waals surface area contributed by atoms with E-state index in [0.717, 1.165) is 6.42 Å². The van der Waals surface area contributed by atoms with Gasteiger partial charge < -0.3 is 15.0 Å². The van der Waals surface area contributed by atoms with E-state index in [-0.39, 0.29) is 22.2 Å². The van der Waals surface area contributed by atoms with Gasteiger partial charge in [0.05, 0.1) is 6.04 Å². The first-order valence-electron chi connectivity index (χ1n) is 6.63. The normalized spacial score (nSPS) is 29.2. The fourth-order valence-electron chi connectivity index (χ4n) is 2.63. The smallest absolute Gasteiger partial charge is 0.404 e. The predicted octanol–water partition coefficient (Wildman–Crippen LogP) is 2.11. The number of hydrogen-bond donors (Lipinski definition) is 3. The van der Waals surface area contributed by atoms with Crippen LogP contribution in [0, 0.1) is 11.3 Å². The van der Waals surface area contributed by atoms with Crippen molar-refractivity contribution in [1.82, 2.24) is 10.0 Å². The lowest BCUT2D eigenvalue weighted by Crippen LogP contribution is -2.63. The van der Waals surface area contributed by atoms with Gasteiger partial charge in [0.15, 0.2) is 0 Å². The van der Waals surface area contributed by atoms with Gasteiger partial charge in [0.1, 0.15) is 4.75 Å². The van der Waals surface area contributed by atoms with Crippen LogP contribution in [0.25, 0.3) is 0 Å². The Labute approximate surface area is 118 Å². The summed E-state index contributed by atoms with van der Waals surface area (Å²) in [5.74, 6) is 0.315. The Morgan fingerprint density at radius 3 is 2.37 bits per heavy atom. The highest BCUT2D eigenvalue weighted by Gasteiger charge is 2.52. The lowest BCUT2D eigenvalue weighted by atomic mass is 9.56. The van der Waals surface area contributed by atoms with E-state index < -0.39 is 17.5 Å². The molecule has 1 rings (SSSR count). The summed E-state index contributed by atoms with van der Waals surface area (Å²) in [5.41, 5.74) is -0.118. The summed E-state index contributed by atoms with van der Waals surface area (Å²) in [6.45, 7) is 11.9. The molecule has 4 atom stereocenters. The molecule has 0 aromatic rings. The molecule has 1 aliphatic carbocycles. The molecule has 0 aromatic heterocycles. The van der Waals surface area contributed by atoms with Gasteiger partial charge >= 0.3 is 6.09 Å². The van der Waals surface area contributed by atoms with E-state index in [1.807, 2.05) is 27.7 Å². The molecule has 19 heavy (non-hydrogen) atoms. The standard InChI is InChI=1S/C13H26N2O3S/c1-8(15-19(18)12(2,3)4)9-7-10(13(9,5)6)14-11(16)17/h8-10,14-15H,7H2,1-6H3,(H,16,17)/t8-,9-,10-,19-/m0/s1. The second kappa shape index (κ2) is 5.50. The van der Waals surface area contributed by atoms with Crippen LogP contribution in [-0.4, -0.2) is 32.6 Å². The van der Waals surface area contributed by atoms with Gasteiger partial charge in [-0.05, 0) is 45.4 Å². The van der Waals surface area contributed by atoms with Crippen molar-refractivity contribution in [3.8, 4) is 0 Å². The van der Waals surface area contributed by atoms with Gasteiger partial charge in [-0.15, -0.1) is 4.72 Å². The van der Waals surface area contributed by atoms with Crippen LogP contribution in [0.5, 0.6) is 0 Å². The molecule has 0 radical (unpaired) electrons. The molecular formula is C13H26N2O3S. The molecule has 1 fully saturated rings. The first-order valence-corrected chi connectivity index (χ1v) is 7.78. The molecule has 6 heteroatoms. The molecule has 3 N–H and O–H groups in total. The zero-order chi connectivity index (χ0) is 15.0. The molecule has 0 saturated heterocycles. The maximum atomic E-state index is 12.1. The summed E-state index contributed by atoms with van der Waals surface area (Å²) in [7, 11) is 0. The molecule has 0 aromatic carbocycles. The molecule has 0 aliphatic heterocycles. The van der Waals surface area contributed by atoms with Crippen molar-refractivity contribution < 1.29 is 14.5 Å². The second-order valence-electron chi connectivity index (χ2n) is 6.95. The first-order chi connectivity index (χ1) is 8.46. The van der Waals surface area contributed by atoms with Crippen LogP contribution in [0.4, 0.5) is 4.79 Å². The zero-order valence-electron chi connectivity index (χ0n) is 12.6. The largest absolute Gasteiger partial charge is 0.598 e. The van der Waals surface area contributed by atoms with Crippen LogP contribution in [0.3, 0.4) is 0 Å². The third-order valence-corrected chi connectivity index (χ3v) is 5.79. The predicted molar refractivity (Wildman–Crippen MR) is 77.3 cm³/mol. The van der Waals surface area contributed by atoms with E-state index in [9.17, 15) is 9.35 Å². The van der Waals surface area contributed by atoms with Crippen LogP contribution >= 0.6 is 0 Å². The number of carbonyl (C=O) groups is 1. The number of hydrogen-bond acceptors (Lipinski definition) is 3. The van der Waals surface area contributed by atoms with E-state index in [2.05, 4.69) is 23.9 Å². The van der Waals surface area contributed by atoms with Crippen molar-refractivity contribution >= 4 is 17.5 Å². The molecule has 1 amide bonds. The molecule has 0 spiro atoms. The fraction of sp³-hybridized carbons (Fsp3) is 0.923. The summed E-state index contributed by atoms with van der Waals surface area (Å²) in [6.07, 6.45) is -0.190. The third kappa shape index (κ3) is 3.77. The van der Waals surface area contributed by atoms with E-state index in [1.165, 1.54) is 0 Å². The topological polar surface area (TPSA) is 84.4 Å². The van der Waals surface area contributed by atoms with Crippen molar-refractivity contribution in [3.63, 3.8) is 0 Å². The minimum absolute atomic E-state index is 0.0256. The molecule has 5 nitrogen and oxygen atoms in total. The Bertz CT molecular complexity index is 341. The van der Waals surface area contributed by atoms with Gasteiger partial charge in [0.2, 0.25) is 0 Å². The molecule has 0 unspecified atom stereocenters. The van der Waals surface area contributed by atoms with Crippen LogP contribution in [-0.2, 0) is 11.4 Å². The lowest BCUT2D eigenvalue weighted by Gasteiger charge is -2.54. The summed E-state index contributed by atoms with van der Waals surface area (Å²) in [5, 5.41) is 11.3. The van der Waals surface area contributed by atoms with Crippen molar-refractivity contribution in [2.45, 2.75) is 64.8 Å². The van der Waals surface area contributed by atoms with Gasteiger partial charge in [-0.2, -0.15) is 0 Å². The highest BCUT2D eigenvalue weighted by molar-refractivity contribution is 7.90. The van der Waals surface area contributed by atoms with Crippen LogP contribution in [0.2, 0.25) is 0 Å². The molecular weight excluding hydrogens is 264 g/mol. The van der Waals surface area contributed by atoms with Gasteiger partial charge in [0.25, 0.3) is 0 Å². The van der Waals surface area contributed by atoms with Crippen LogP contribution in [0.15, 0.2) is 0 Å². The van der Waals surface area contributed by atoms with Crippen molar-refractivity contribution in [2.24, 2.45) is 11.3 Å². The maximum Gasteiger partial charge on any atom is 0.404 e. The minimum atomic E-state index is -1.10. The van der Waals surface area contributed by atoms with E-state index >= 15 is 0 Å². The van der Waals surface area contributed by atoms with Crippen LogP contribution < -0.4 is 10.0 Å². The molecule has 0 heterocycles. The second-order valence-corrected chi connectivity index (χ2v) is 8.95. The number of amides is 1. The SMILES string of the molecule is C[C@H](N[S@@+]([O-])C(C)(C)C)[C@@H]1C[C@H](NC(=O)O)C1(C)C. The monoisotopic (exact) mass is 290 g/mol. The van der Waals surface area contributed by atoms with E-state index in [1.54, 1.807) is 0 Å². The lowest BCUT2D eigenvalue weighted by molar-refractivity contribution is -0.000692. The minimum Gasteiger partial charge on any atom is -0.598 e. The molecule has 112 valence electrons. The zero-order valence-corrected chi connectivity index (χ0v) is 13.4. The summed E-state index contributed by atoms with van der Waals surface area (Å²) in [4.78, 5) is 10.7. The van der Waals surface area contributed by atoms with Crippen LogP contribution in [0.1, 0.15) is 48.0 Å². The highest BCUT2D eigenvalue weighted by atomic mass is 32.2. The number of rotatable bonds is 4. The molecule has 1 saturated carbocycles. The Hall–Kier alpha value is -0.460. The van der Waals surface area contributed by atoms with E-state index in [0.29, 0.717) is 5.92 Å². The maximum absolute atomic E-state index is 12.1. The Morgan fingerprint density at radius 2 is 2.00 bits per heavy atom. The van der Waals surface area contributed by atoms with Crippen molar-refractivity contribution in [2.75, 3.05) is 0 Å². The van der Waals surface area contributed by atoms with Gasteiger partial charge in [-0.1, -0.05) is 13.8 Å². The first kappa shape index (κ1) is 16.6. The summed E-state index contributed by atoms with van der Waals surface area (Å²) >= 11 is -1.10. The number of nitrogens with one attached hydrogen (secondary N) is 2. The van der Waals surface area contributed by atoms with Gasteiger partial charge in [-0.25, -0.2) is 4.79 Å². The average Bonchev–Trinajstić information content (AvgIpc) is 2.21. The van der Waals surface area contributed by atoms with Gasteiger partial charge in [-0.3, -0.25) is 0 Å². The summed E-state index contributed by atoms with van der Waals surface area (Å²) in [6, 6.07) is 0.0734. The van der Waals surface area contributed by atoms with E-state index in [4.69, 9.17) is 5.11 Å². The molecule has 1 aliphatic rings. The Balaban J connectivity index is 2.57. The average molecular weight is 290 g/mol. The third-order valence-electron chi connectivity index (χ3n) is 4.09. The Kier molecular flexibility index (Phi) is 4.80. The van der Waals surface area contributed by atoms with Crippen molar-refractivity contribution in [1.29, 1.82) is 0 Å².